The molecule has 0 saturated carbocycles. The molecule has 0 aliphatic rings. The van der Waals surface area contributed by atoms with Gasteiger partial charge >= 0.3 is 0 Å². The Morgan fingerprint density at radius 3 is 2.58 bits per heavy atom. The highest BCUT2D eigenvalue weighted by Crippen LogP contribution is 1.83. The van der Waals surface area contributed by atoms with Gasteiger partial charge in [0.05, 0.1) is 0 Å². The van der Waals surface area contributed by atoms with Crippen LogP contribution in [0.3, 0.4) is 0 Å². The highest BCUT2D eigenvalue weighted by molar-refractivity contribution is 5.79. The summed E-state index contributed by atoms with van der Waals surface area (Å²) in [6.07, 6.45) is 0.00945. The largest absolute Gasteiger partial charge is 0.384 e. The molecule has 72 valence electrons. The molecule has 12 heavy (non-hydrogen) atoms. The van der Waals surface area contributed by atoms with E-state index in [9.17, 15) is 4.79 Å². The fraction of sp³-hybridized carbons (Fsp3) is 0.875. The van der Waals surface area contributed by atoms with Crippen molar-refractivity contribution in [3.05, 3.63) is 0 Å². The van der Waals surface area contributed by atoms with Crippen molar-refractivity contribution in [2.24, 2.45) is 0 Å². The predicted octanol–water partition coefficient (Wildman–Crippen LogP) is -0.565. The van der Waals surface area contributed by atoms with E-state index in [1.54, 1.807) is 0 Å². The molecule has 0 radical (unpaired) electrons. The van der Waals surface area contributed by atoms with Gasteiger partial charge in [0.25, 0.3) is 0 Å². The van der Waals surface area contributed by atoms with Crippen molar-refractivity contribution in [3.8, 4) is 0 Å². The SMILES string of the molecule is CC(O)C(=O)NCCCN(C)C. The summed E-state index contributed by atoms with van der Waals surface area (Å²) in [5.74, 6) is -0.297. The molecule has 0 rings (SSSR count). The van der Waals surface area contributed by atoms with E-state index in [0.717, 1.165) is 13.0 Å². The average molecular weight is 174 g/mol. The topological polar surface area (TPSA) is 52.6 Å². The van der Waals surface area contributed by atoms with Crippen LogP contribution in [0.5, 0.6) is 0 Å². The van der Waals surface area contributed by atoms with Crippen LogP contribution in [0.4, 0.5) is 0 Å². The number of carbonyl (C=O) groups excluding carboxylic acids is 1. The van der Waals surface area contributed by atoms with Gasteiger partial charge < -0.3 is 15.3 Å². The maximum absolute atomic E-state index is 10.8. The maximum atomic E-state index is 10.8. The highest BCUT2D eigenvalue weighted by atomic mass is 16.3. The fourth-order valence-corrected chi connectivity index (χ4v) is 0.755. The number of aliphatic hydroxyl groups is 1. The van der Waals surface area contributed by atoms with E-state index in [4.69, 9.17) is 5.11 Å². The van der Waals surface area contributed by atoms with Gasteiger partial charge in [-0.25, -0.2) is 0 Å². The van der Waals surface area contributed by atoms with Gasteiger partial charge in [-0.05, 0) is 34.0 Å². The van der Waals surface area contributed by atoms with Gasteiger partial charge in [0.2, 0.25) is 5.91 Å². The summed E-state index contributed by atoms with van der Waals surface area (Å²) in [6, 6.07) is 0. The average Bonchev–Trinajstić information content (AvgIpc) is 1.97. The standard InChI is InChI=1S/C8H18N2O2/c1-7(11)8(12)9-5-4-6-10(2)3/h7,11H,4-6H2,1-3H3,(H,9,12). The smallest absolute Gasteiger partial charge is 0.248 e. The maximum Gasteiger partial charge on any atom is 0.248 e. The van der Waals surface area contributed by atoms with Crippen LogP contribution in [0.25, 0.3) is 0 Å². The first-order valence-electron chi connectivity index (χ1n) is 4.14. The summed E-state index contributed by atoms with van der Waals surface area (Å²) in [4.78, 5) is 12.9. The molecule has 0 heterocycles. The molecule has 1 amide bonds. The van der Waals surface area contributed by atoms with Crippen molar-refractivity contribution < 1.29 is 9.90 Å². The van der Waals surface area contributed by atoms with Crippen molar-refractivity contribution in [3.63, 3.8) is 0 Å². The number of carbonyl (C=O) groups is 1. The lowest BCUT2D eigenvalue weighted by Gasteiger charge is -2.10. The van der Waals surface area contributed by atoms with Crippen LogP contribution in [0.15, 0.2) is 0 Å². The summed E-state index contributed by atoms with van der Waals surface area (Å²) in [7, 11) is 3.97. The normalized spacial score (nSPS) is 13.1. The van der Waals surface area contributed by atoms with E-state index in [0.29, 0.717) is 6.54 Å². The predicted molar refractivity (Wildman–Crippen MR) is 47.9 cm³/mol. The van der Waals surface area contributed by atoms with Crippen LogP contribution < -0.4 is 5.32 Å². The molecule has 0 aromatic rings. The zero-order chi connectivity index (χ0) is 9.56. The first-order valence-corrected chi connectivity index (χ1v) is 4.14. The van der Waals surface area contributed by atoms with Crippen LogP contribution >= 0.6 is 0 Å². The number of hydrogen-bond acceptors (Lipinski definition) is 3. The van der Waals surface area contributed by atoms with E-state index >= 15 is 0 Å². The van der Waals surface area contributed by atoms with Crippen molar-refractivity contribution in [1.82, 2.24) is 10.2 Å². The Kier molecular flexibility index (Phi) is 5.66. The molecule has 0 bridgehead atoms. The molecule has 0 aliphatic heterocycles. The lowest BCUT2D eigenvalue weighted by atomic mass is 10.3. The Bertz CT molecular complexity index is 135. The molecule has 0 aromatic carbocycles. The Morgan fingerprint density at radius 1 is 1.58 bits per heavy atom. The van der Waals surface area contributed by atoms with Crippen molar-refractivity contribution >= 4 is 5.91 Å². The number of nitrogens with zero attached hydrogens (tertiary/aromatic N) is 1. The van der Waals surface area contributed by atoms with Crippen LogP contribution in [0.1, 0.15) is 13.3 Å². The quantitative estimate of drug-likeness (QED) is 0.549. The molecular weight excluding hydrogens is 156 g/mol. The third kappa shape index (κ3) is 6.12. The first kappa shape index (κ1) is 11.4. The summed E-state index contributed by atoms with van der Waals surface area (Å²) in [6.45, 7) is 3.03. The number of hydrogen-bond donors (Lipinski definition) is 2. The molecule has 0 aliphatic carbocycles. The van der Waals surface area contributed by atoms with Gasteiger partial charge in [-0.3, -0.25) is 4.79 Å². The molecular formula is C8H18N2O2. The van der Waals surface area contributed by atoms with Gasteiger partial charge in [0.15, 0.2) is 0 Å². The number of rotatable bonds is 5. The molecule has 0 saturated heterocycles. The van der Waals surface area contributed by atoms with Crippen molar-refractivity contribution in [2.75, 3.05) is 27.2 Å². The van der Waals surface area contributed by atoms with Gasteiger partial charge in [-0.15, -0.1) is 0 Å². The summed E-state index contributed by atoms with van der Waals surface area (Å²) >= 11 is 0. The van der Waals surface area contributed by atoms with Gasteiger partial charge in [-0.1, -0.05) is 0 Å². The minimum absolute atomic E-state index is 0.297. The monoisotopic (exact) mass is 174 g/mol. The third-order valence-corrected chi connectivity index (χ3v) is 1.46. The fourth-order valence-electron chi connectivity index (χ4n) is 0.755. The molecule has 0 aromatic heterocycles. The van der Waals surface area contributed by atoms with Crippen LogP contribution in [0, 0.1) is 0 Å². The molecule has 4 nitrogen and oxygen atoms in total. The zero-order valence-corrected chi connectivity index (χ0v) is 8.00. The van der Waals surface area contributed by atoms with Crippen LogP contribution in [0.2, 0.25) is 0 Å². The summed E-state index contributed by atoms with van der Waals surface area (Å²) in [5.41, 5.74) is 0. The minimum atomic E-state index is -0.899. The van der Waals surface area contributed by atoms with Crippen LogP contribution in [-0.4, -0.2) is 49.2 Å². The van der Waals surface area contributed by atoms with Gasteiger partial charge in [0, 0.05) is 6.54 Å². The van der Waals surface area contributed by atoms with Gasteiger partial charge in [0.1, 0.15) is 6.10 Å². The number of nitrogens with one attached hydrogen (secondary N) is 1. The molecule has 4 heteroatoms. The second-order valence-corrected chi connectivity index (χ2v) is 3.12. The lowest BCUT2D eigenvalue weighted by Crippen LogP contribution is -2.34. The molecule has 0 spiro atoms. The third-order valence-electron chi connectivity index (χ3n) is 1.46. The lowest BCUT2D eigenvalue weighted by molar-refractivity contribution is -0.128. The van der Waals surface area contributed by atoms with Gasteiger partial charge in [-0.2, -0.15) is 0 Å². The Labute approximate surface area is 73.6 Å². The number of amides is 1. The van der Waals surface area contributed by atoms with E-state index in [-0.39, 0.29) is 5.91 Å². The van der Waals surface area contributed by atoms with E-state index in [2.05, 4.69) is 10.2 Å². The molecule has 2 N–H and O–H groups in total. The molecule has 1 unspecified atom stereocenters. The highest BCUT2D eigenvalue weighted by Gasteiger charge is 2.06. The summed E-state index contributed by atoms with van der Waals surface area (Å²) in [5, 5.41) is 11.4. The first-order chi connectivity index (χ1) is 5.54. The van der Waals surface area contributed by atoms with E-state index in [1.165, 1.54) is 6.92 Å². The Balaban J connectivity index is 3.26. The van der Waals surface area contributed by atoms with Crippen LogP contribution in [-0.2, 0) is 4.79 Å². The van der Waals surface area contributed by atoms with E-state index in [1.807, 2.05) is 14.1 Å². The summed E-state index contributed by atoms with van der Waals surface area (Å²) < 4.78 is 0. The minimum Gasteiger partial charge on any atom is -0.384 e. The second-order valence-electron chi connectivity index (χ2n) is 3.12. The Morgan fingerprint density at radius 2 is 2.17 bits per heavy atom. The van der Waals surface area contributed by atoms with E-state index < -0.39 is 6.10 Å². The molecule has 1 atom stereocenters. The molecule has 0 fully saturated rings. The second kappa shape index (κ2) is 5.97. The van der Waals surface area contributed by atoms with Crippen molar-refractivity contribution in [1.29, 1.82) is 0 Å². The Hall–Kier alpha value is -0.610. The number of aliphatic hydroxyl groups excluding tert-OH is 1. The zero-order valence-electron chi connectivity index (χ0n) is 8.00. The van der Waals surface area contributed by atoms with Crippen molar-refractivity contribution in [2.45, 2.75) is 19.4 Å².